The fraction of sp³-hybridized carbons (Fsp3) is 0.154. The van der Waals surface area contributed by atoms with E-state index in [0.29, 0.717) is 0 Å². The predicted octanol–water partition coefficient (Wildman–Crippen LogP) is 13.8. The Hall–Kier alpha value is -6.16. The van der Waals surface area contributed by atoms with Crippen molar-refractivity contribution in [2.45, 2.75) is 26.2 Å². The van der Waals surface area contributed by atoms with Crippen molar-refractivity contribution in [2.24, 2.45) is 0 Å². The van der Waals surface area contributed by atoms with Gasteiger partial charge in [0.1, 0.15) is 0 Å². The molecule has 0 fully saturated rings. The Balaban J connectivity index is 1.13. The Kier molecular flexibility index (Phi) is 10.2. The lowest BCUT2D eigenvalue weighted by atomic mass is 10.0. The maximum Gasteiger partial charge on any atom is 0.0821 e. The molecule has 0 spiro atoms. The summed E-state index contributed by atoms with van der Waals surface area (Å²) in [4.78, 5) is 4.78. The zero-order valence-electron chi connectivity index (χ0n) is 32.5. The number of anilines is 6. The molecule has 0 bridgehead atoms. The lowest BCUT2D eigenvalue weighted by Crippen LogP contribution is -2.36. The summed E-state index contributed by atoms with van der Waals surface area (Å²) in [5.41, 5.74) is 12.0. The van der Waals surface area contributed by atoms with Crippen LogP contribution in [-0.4, -0.2) is 32.2 Å². The fourth-order valence-electron chi connectivity index (χ4n) is 7.64. The number of rotatable bonds is 12. The topological polar surface area (TPSA) is 6.48 Å². The number of hydrogen-bond acceptors (Lipinski definition) is 2. The van der Waals surface area contributed by atoms with Crippen LogP contribution in [0.1, 0.15) is 24.5 Å². The highest BCUT2D eigenvalue weighted by molar-refractivity contribution is 6.00. The van der Waals surface area contributed by atoms with Gasteiger partial charge in [0.05, 0.1) is 39.1 Å². The maximum absolute atomic E-state index is 2.40. The van der Waals surface area contributed by atoms with Crippen LogP contribution in [0.4, 0.5) is 34.1 Å². The molecule has 3 nitrogen and oxygen atoms in total. The summed E-state index contributed by atoms with van der Waals surface area (Å²) < 4.78 is 0.953. The van der Waals surface area contributed by atoms with E-state index in [9.17, 15) is 0 Å². The van der Waals surface area contributed by atoms with E-state index in [1.165, 1.54) is 55.2 Å². The van der Waals surface area contributed by atoms with E-state index in [0.717, 1.165) is 53.0 Å². The molecule has 0 saturated heterocycles. The van der Waals surface area contributed by atoms with Gasteiger partial charge >= 0.3 is 0 Å². The van der Waals surface area contributed by atoms with Crippen molar-refractivity contribution in [3.63, 3.8) is 0 Å². The van der Waals surface area contributed by atoms with Crippen molar-refractivity contribution in [1.29, 1.82) is 0 Å². The average molecular weight is 717 g/mol. The van der Waals surface area contributed by atoms with Crippen LogP contribution in [0.3, 0.4) is 0 Å². The lowest BCUT2D eigenvalue weighted by Gasteiger charge is -2.28. The standard InChI is InChI=1S/C52H50N3/c1-5-12-39-21-29-45(30-22-39)53(51-19-10-15-43-13-6-8-17-49(43)51)47-33-25-41(26-34-47)42-27-35-48(36-28-42)54(52-20-11-16-44-14-7-9-18-50(44)52)46-31-23-40(24-32-46)37-38-55(2,3)4/h6-11,13-36H,5,12,37-38H2,1-4H3/q+1. The van der Waals surface area contributed by atoms with Crippen LogP contribution < -0.4 is 9.80 Å². The van der Waals surface area contributed by atoms with Crippen LogP contribution >= 0.6 is 0 Å². The zero-order chi connectivity index (χ0) is 37.8. The molecule has 0 aromatic heterocycles. The summed E-state index contributed by atoms with van der Waals surface area (Å²) in [6, 6.07) is 66.8. The Bertz CT molecular complexity index is 2500. The van der Waals surface area contributed by atoms with E-state index in [-0.39, 0.29) is 0 Å². The van der Waals surface area contributed by atoms with Gasteiger partial charge in [-0.15, -0.1) is 0 Å². The summed E-state index contributed by atoms with van der Waals surface area (Å²) in [6.07, 6.45) is 3.28. The van der Waals surface area contributed by atoms with Crippen LogP contribution in [0.5, 0.6) is 0 Å². The van der Waals surface area contributed by atoms with Gasteiger partial charge in [0.25, 0.3) is 0 Å². The van der Waals surface area contributed by atoms with Crippen molar-refractivity contribution in [3.8, 4) is 11.1 Å². The van der Waals surface area contributed by atoms with Crippen molar-refractivity contribution in [2.75, 3.05) is 37.5 Å². The highest BCUT2D eigenvalue weighted by atomic mass is 15.3. The SMILES string of the molecule is CCCc1ccc(N(c2ccc(-c3ccc(N(c4ccc(CC[N+](C)(C)C)cc4)c4cccc5ccccc45)cc3)cc2)c2cccc3ccccc23)cc1. The second-order valence-corrected chi connectivity index (χ2v) is 15.6. The Labute approximate surface area is 326 Å². The second kappa shape index (κ2) is 15.7. The number of fused-ring (bicyclic) bond motifs is 2. The van der Waals surface area contributed by atoms with Gasteiger partial charge < -0.3 is 14.3 Å². The monoisotopic (exact) mass is 716 g/mol. The van der Waals surface area contributed by atoms with Gasteiger partial charge in [0, 0.05) is 39.9 Å². The fourth-order valence-corrected chi connectivity index (χ4v) is 7.64. The molecule has 0 amide bonds. The summed E-state index contributed by atoms with van der Waals surface area (Å²) in [5.74, 6) is 0. The smallest absolute Gasteiger partial charge is 0.0821 e. The van der Waals surface area contributed by atoms with Crippen LogP contribution in [0.15, 0.2) is 182 Å². The van der Waals surface area contributed by atoms with Crippen molar-refractivity contribution >= 4 is 55.7 Å². The van der Waals surface area contributed by atoms with Gasteiger partial charge in [0.2, 0.25) is 0 Å². The van der Waals surface area contributed by atoms with Gasteiger partial charge in [-0.1, -0.05) is 135 Å². The minimum absolute atomic E-state index is 0.953. The predicted molar refractivity (Wildman–Crippen MR) is 237 cm³/mol. The molecule has 0 heterocycles. The van der Waals surface area contributed by atoms with Gasteiger partial charge in [-0.2, -0.15) is 0 Å². The minimum Gasteiger partial charge on any atom is -0.331 e. The number of likely N-dealkylation sites (N-methyl/N-ethyl adjacent to an activating group) is 1. The second-order valence-electron chi connectivity index (χ2n) is 15.6. The first-order valence-electron chi connectivity index (χ1n) is 19.6. The molecule has 8 rings (SSSR count). The number of hydrogen-bond donors (Lipinski definition) is 0. The van der Waals surface area contributed by atoms with Crippen molar-refractivity contribution < 1.29 is 4.48 Å². The van der Waals surface area contributed by atoms with Crippen LogP contribution in [0, 0.1) is 0 Å². The first-order valence-corrected chi connectivity index (χ1v) is 19.6. The molecule has 0 atom stereocenters. The number of quaternary nitrogens is 1. The highest BCUT2D eigenvalue weighted by Gasteiger charge is 2.18. The highest BCUT2D eigenvalue weighted by Crippen LogP contribution is 2.42. The Morgan fingerprint density at radius 3 is 1.15 bits per heavy atom. The largest absolute Gasteiger partial charge is 0.331 e. The summed E-state index contributed by atoms with van der Waals surface area (Å²) in [7, 11) is 6.76. The minimum atomic E-state index is 0.953. The summed E-state index contributed by atoms with van der Waals surface area (Å²) >= 11 is 0. The van der Waals surface area contributed by atoms with Crippen LogP contribution in [0.2, 0.25) is 0 Å². The number of aryl methyl sites for hydroxylation is 1. The molecule has 0 aliphatic carbocycles. The third kappa shape index (κ3) is 7.90. The van der Waals surface area contributed by atoms with E-state index >= 15 is 0 Å². The molecule has 0 aliphatic heterocycles. The van der Waals surface area contributed by atoms with Crippen molar-refractivity contribution in [3.05, 3.63) is 193 Å². The summed E-state index contributed by atoms with van der Waals surface area (Å²) in [6.45, 7) is 3.33. The Morgan fingerprint density at radius 2 is 0.745 bits per heavy atom. The van der Waals surface area contributed by atoms with Gasteiger partial charge in [-0.25, -0.2) is 0 Å². The molecule has 55 heavy (non-hydrogen) atoms. The van der Waals surface area contributed by atoms with Crippen LogP contribution in [-0.2, 0) is 12.8 Å². The summed E-state index contributed by atoms with van der Waals surface area (Å²) in [5, 5.41) is 4.93. The Morgan fingerprint density at radius 1 is 0.382 bits per heavy atom. The molecule has 0 radical (unpaired) electrons. The maximum atomic E-state index is 2.40. The molecule has 0 saturated carbocycles. The van der Waals surface area contributed by atoms with E-state index in [1.54, 1.807) is 0 Å². The number of benzene rings is 8. The zero-order valence-corrected chi connectivity index (χ0v) is 32.5. The normalized spacial score (nSPS) is 11.6. The molecular weight excluding hydrogens is 667 g/mol. The molecule has 8 aromatic carbocycles. The number of nitrogens with zero attached hydrogens (tertiary/aromatic N) is 3. The van der Waals surface area contributed by atoms with Gasteiger partial charge in [-0.05, 0) is 100 Å². The first-order chi connectivity index (χ1) is 26.8. The molecule has 0 aliphatic rings. The lowest BCUT2D eigenvalue weighted by molar-refractivity contribution is -0.870. The van der Waals surface area contributed by atoms with Crippen molar-refractivity contribution in [1.82, 2.24) is 0 Å². The molecule has 3 heteroatoms. The third-order valence-corrected chi connectivity index (χ3v) is 10.6. The first kappa shape index (κ1) is 35.8. The van der Waals surface area contributed by atoms with E-state index < -0.39 is 0 Å². The van der Waals surface area contributed by atoms with Gasteiger partial charge in [-0.3, -0.25) is 0 Å². The van der Waals surface area contributed by atoms with E-state index in [1.807, 2.05) is 0 Å². The van der Waals surface area contributed by atoms with E-state index in [4.69, 9.17) is 0 Å². The molecule has 0 N–H and O–H groups in total. The molecule has 272 valence electrons. The average Bonchev–Trinajstić information content (AvgIpc) is 3.22. The van der Waals surface area contributed by atoms with Crippen LogP contribution in [0.25, 0.3) is 32.7 Å². The van der Waals surface area contributed by atoms with E-state index in [2.05, 4.69) is 220 Å². The molecule has 0 unspecified atom stereocenters. The molecular formula is C52H50N3+. The molecule has 8 aromatic rings. The van der Waals surface area contributed by atoms with Gasteiger partial charge in [0.15, 0.2) is 0 Å². The third-order valence-electron chi connectivity index (χ3n) is 10.6. The quantitative estimate of drug-likeness (QED) is 0.116.